The largest absolute Gasteiger partial charge is 0.387 e. The van der Waals surface area contributed by atoms with Crippen LogP contribution in [-0.4, -0.2) is 106 Å². The minimum absolute atomic E-state index is 0.0103. The Morgan fingerprint density at radius 1 is 0.895 bits per heavy atom. The first-order valence-corrected chi connectivity index (χ1v) is 6.08. The van der Waals surface area contributed by atoms with E-state index in [1.165, 1.54) is 0 Å². The highest BCUT2D eigenvalue weighted by Gasteiger charge is 2.58. The van der Waals surface area contributed by atoms with Crippen LogP contribution in [0.4, 0.5) is 0 Å². The molecule has 0 saturated heterocycles. The molecule has 1 fully saturated rings. The number of aliphatic hydroxyl groups is 6. The molecule has 8 heteroatoms. The van der Waals surface area contributed by atoms with Gasteiger partial charge in [-0.1, -0.05) is 0 Å². The molecule has 114 valence electrons. The SMILES string of the molecule is C[N+](C)(C)CCOC1(O)[C@H](O)[C@H](O)C(O)[C@H](O)[C@H]1O. The quantitative estimate of drug-likeness (QED) is 0.230. The molecule has 0 spiro atoms. The zero-order valence-electron chi connectivity index (χ0n) is 11.3. The van der Waals surface area contributed by atoms with Crippen molar-refractivity contribution in [3.05, 3.63) is 0 Å². The number of rotatable bonds is 4. The first-order chi connectivity index (χ1) is 8.50. The van der Waals surface area contributed by atoms with Gasteiger partial charge in [-0.3, -0.25) is 0 Å². The smallest absolute Gasteiger partial charge is 0.224 e. The average molecular weight is 282 g/mol. The molecule has 8 nitrogen and oxygen atoms in total. The Hall–Kier alpha value is -0.320. The van der Waals surface area contributed by atoms with Crippen molar-refractivity contribution in [1.82, 2.24) is 0 Å². The maximum atomic E-state index is 10.1. The molecule has 1 aliphatic carbocycles. The van der Waals surface area contributed by atoms with Gasteiger partial charge in [0.15, 0.2) is 0 Å². The van der Waals surface area contributed by atoms with Gasteiger partial charge in [0, 0.05) is 0 Å². The lowest BCUT2D eigenvalue weighted by atomic mass is 9.82. The molecule has 0 aromatic carbocycles. The molecule has 19 heavy (non-hydrogen) atoms. The highest BCUT2D eigenvalue weighted by atomic mass is 16.7. The Balaban J connectivity index is 2.76. The summed E-state index contributed by atoms with van der Waals surface area (Å²) >= 11 is 0. The van der Waals surface area contributed by atoms with Crippen LogP contribution < -0.4 is 0 Å². The summed E-state index contributed by atoms with van der Waals surface area (Å²) in [6, 6.07) is 0. The van der Waals surface area contributed by atoms with Crippen molar-refractivity contribution in [2.75, 3.05) is 34.3 Å². The van der Waals surface area contributed by atoms with Crippen LogP contribution in [0.3, 0.4) is 0 Å². The van der Waals surface area contributed by atoms with E-state index in [1.807, 2.05) is 21.1 Å². The monoisotopic (exact) mass is 282 g/mol. The second-order valence-corrected chi connectivity index (χ2v) is 5.98. The summed E-state index contributed by atoms with van der Waals surface area (Å²) in [6.07, 6.45) is -9.23. The number of likely N-dealkylation sites (N-methyl/N-ethyl adjacent to an activating group) is 1. The van der Waals surface area contributed by atoms with Gasteiger partial charge in [-0.25, -0.2) is 0 Å². The molecule has 1 aliphatic rings. The highest BCUT2D eigenvalue weighted by Crippen LogP contribution is 2.31. The first kappa shape index (κ1) is 16.7. The van der Waals surface area contributed by atoms with Crippen molar-refractivity contribution in [3.63, 3.8) is 0 Å². The van der Waals surface area contributed by atoms with E-state index in [-0.39, 0.29) is 6.61 Å². The minimum Gasteiger partial charge on any atom is -0.387 e. The van der Waals surface area contributed by atoms with Crippen LogP contribution in [0.1, 0.15) is 0 Å². The molecule has 6 N–H and O–H groups in total. The Kier molecular flexibility index (Phi) is 4.92. The summed E-state index contributed by atoms with van der Waals surface area (Å²) in [6.45, 7) is 0.458. The van der Waals surface area contributed by atoms with Crippen molar-refractivity contribution in [3.8, 4) is 0 Å². The third-order valence-electron chi connectivity index (χ3n) is 3.29. The lowest BCUT2D eigenvalue weighted by Crippen LogP contribution is -2.72. The van der Waals surface area contributed by atoms with Gasteiger partial charge < -0.3 is 39.9 Å². The maximum Gasteiger partial charge on any atom is 0.224 e. The second kappa shape index (κ2) is 5.58. The molecule has 0 aromatic heterocycles. The van der Waals surface area contributed by atoms with Crippen LogP contribution in [-0.2, 0) is 4.74 Å². The summed E-state index contributed by atoms with van der Waals surface area (Å²) in [7, 11) is 5.65. The Bertz CT molecular complexity index is 290. The van der Waals surface area contributed by atoms with E-state index in [4.69, 9.17) is 4.74 Å². The molecule has 0 aromatic rings. The van der Waals surface area contributed by atoms with Crippen molar-refractivity contribution >= 4 is 0 Å². The number of nitrogens with zero attached hydrogens (tertiary/aromatic N) is 1. The molecule has 6 atom stereocenters. The fourth-order valence-corrected chi connectivity index (χ4v) is 1.89. The van der Waals surface area contributed by atoms with Gasteiger partial charge in [0.1, 0.15) is 37.1 Å². The summed E-state index contributed by atoms with van der Waals surface area (Å²) in [5.41, 5.74) is 0. The van der Waals surface area contributed by atoms with Crippen LogP contribution in [0.15, 0.2) is 0 Å². The topological polar surface area (TPSA) is 131 Å². The Labute approximate surface area is 111 Å². The third kappa shape index (κ3) is 3.41. The predicted octanol–water partition coefficient (Wildman–Crippen LogP) is -3.78. The van der Waals surface area contributed by atoms with Gasteiger partial charge >= 0.3 is 0 Å². The first-order valence-electron chi connectivity index (χ1n) is 6.08. The minimum atomic E-state index is -2.52. The van der Waals surface area contributed by atoms with E-state index < -0.39 is 36.3 Å². The Morgan fingerprint density at radius 2 is 1.32 bits per heavy atom. The van der Waals surface area contributed by atoms with Gasteiger partial charge in [-0.15, -0.1) is 0 Å². The fraction of sp³-hybridized carbons (Fsp3) is 1.00. The summed E-state index contributed by atoms with van der Waals surface area (Å²) in [4.78, 5) is 0. The van der Waals surface area contributed by atoms with Crippen molar-refractivity contribution in [2.24, 2.45) is 0 Å². The normalized spacial score (nSPS) is 44.4. The number of quaternary nitrogens is 1. The molecule has 2 unspecified atom stereocenters. The fourth-order valence-electron chi connectivity index (χ4n) is 1.89. The molecule has 1 rings (SSSR count). The van der Waals surface area contributed by atoms with Gasteiger partial charge in [-0.05, 0) is 0 Å². The van der Waals surface area contributed by atoms with Crippen molar-refractivity contribution in [2.45, 2.75) is 36.3 Å². The molecule has 0 radical (unpaired) electrons. The lowest BCUT2D eigenvalue weighted by molar-refractivity contribution is -0.871. The molecule has 0 aliphatic heterocycles. The molecule has 1 saturated carbocycles. The summed E-state index contributed by atoms with van der Waals surface area (Å²) < 4.78 is 5.59. The van der Waals surface area contributed by atoms with Crippen LogP contribution in [0.2, 0.25) is 0 Å². The highest BCUT2D eigenvalue weighted by molar-refractivity contribution is 5.03. The number of hydrogen-bond acceptors (Lipinski definition) is 7. The van der Waals surface area contributed by atoms with E-state index in [0.717, 1.165) is 0 Å². The van der Waals surface area contributed by atoms with Gasteiger partial charge in [-0.2, -0.15) is 0 Å². The van der Waals surface area contributed by atoms with Crippen LogP contribution in [0, 0.1) is 0 Å². The van der Waals surface area contributed by atoms with E-state index >= 15 is 0 Å². The zero-order chi connectivity index (χ0) is 15.0. The van der Waals surface area contributed by atoms with Crippen molar-refractivity contribution < 1.29 is 39.9 Å². The van der Waals surface area contributed by atoms with Crippen LogP contribution >= 0.6 is 0 Å². The number of ether oxygens (including phenoxy) is 1. The molecular formula is C11H24NO7+. The van der Waals surface area contributed by atoms with E-state index in [9.17, 15) is 30.6 Å². The second-order valence-electron chi connectivity index (χ2n) is 5.98. The number of aliphatic hydroxyl groups excluding tert-OH is 5. The maximum absolute atomic E-state index is 10.1. The van der Waals surface area contributed by atoms with Gasteiger partial charge in [0.05, 0.1) is 27.7 Å². The van der Waals surface area contributed by atoms with Crippen molar-refractivity contribution in [1.29, 1.82) is 0 Å². The predicted molar refractivity (Wildman–Crippen MR) is 63.8 cm³/mol. The van der Waals surface area contributed by atoms with E-state index in [2.05, 4.69) is 0 Å². The zero-order valence-corrected chi connectivity index (χ0v) is 11.3. The van der Waals surface area contributed by atoms with Crippen LogP contribution in [0.25, 0.3) is 0 Å². The van der Waals surface area contributed by atoms with E-state index in [0.29, 0.717) is 11.0 Å². The number of hydrogen-bond donors (Lipinski definition) is 6. The van der Waals surface area contributed by atoms with Gasteiger partial charge in [0.2, 0.25) is 5.79 Å². The van der Waals surface area contributed by atoms with Crippen LogP contribution in [0.5, 0.6) is 0 Å². The molecule has 0 heterocycles. The lowest BCUT2D eigenvalue weighted by Gasteiger charge is -2.47. The van der Waals surface area contributed by atoms with E-state index in [1.54, 1.807) is 0 Å². The summed E-state index contributed by atoms with van der Waals surface area (Å²) in [5, 5.41) is 58.0. The third-order valence-corrected chi connectivity index (χ3v) is 3.29. The van der Waals surface area contributed by atoms with Gasteiger partial charge in [0.25, 0.3) is 0 Å². The molecule has 0 amide bonds. The average Bonchev–Trinajstić information content (AvgIpc) is 2.30. The molecule has 0 bridgehead atoms. The molecular weight excluding hydrogens is 258 g/mol. The standard InChI is InChI=1S/C11H24NO7/c1-12(2,3)4-5-19-11(18)9(16)7(14)6(13)8(15)10(11)17/h6-10,13-18H,4-5H2,1-3H3/q+1/t6?,7-,8+,9-,10-,11?/m1/s1. The Morgan fingerprint density at radius 3 is 1.68 bits per heavy atom. The summed E-state index contributed by atoms with van der Waals surface area (Å²) in [5.74, 6) is -2.52.